The zero-order valence-corrected chi connectivity index (χ0v) is 11.9. The van der Waals surface area contributed by atoms with Gasteiger partial charge in [-0.15, -0.1) is 0 Å². The standard InChI is InChI=1S/C18H10N2O3/c19-11-17(12-20)18(23-17,15(21)13-7-3-1-4-8-13)16(22)14-9-5-2-6-10-14/h1-10H. The van der Waals surface area contributed by atoms with Crippen molar-refractivity contribution in [1.82, 2.24) is 0 Å². The van der Waals surface area contributed by atoms with Crippen LogP contribution in [0.15, 0.2) is 60.7 Å². The molecule has 1 saturated heterocycles. The number of ether oxygens (including phenoxy) is 1. The van der Waals surface area contributed by atoms with E-state index < -0.39 is 22.8 Å². The van der Waals surface area contributed by atoms with Crippen LogP contribution in [0, 0.1) is 22.7 Å². The second-order valence-electron chi connectivity index (χ2n) is 5.08. The summed E-state index contributed by atoms with van der Waals surface area (Å²) in [5, 5.41) is 18.6. The highest BCUT2D eigenvalue weighted by atomic mass is 16.6. The molecule has 0 saturated carbocycles. The maximum Gasteiger partial charge on any atom is 0.287 e. The van der Waals surface area contributed by atoms with Crippen LogP contribution in [0.1, 0.15) is 20.7 Å². The van der Waals surface area contributed by atoms with E-state index in [-0.39, 0.29) is 11.1 Å². The molecule has 5 nitrogen and oxygen atoms in total. The molecule has 1 heterocycles. The summed E-state index contributed by atoms with van der Waals surface area (Å²) in [6.45, 7) is 0. The Bertz CT molecular complexity index is 795. The van der Waals surface area contributed by atoms with E-state index in [1.165, 1.54) is 24.3 Å². The number of benzene rings is 2. The number of carbonyl (C=O) groups is 2. The molecule has 5 heteroatoms. The van der Waals surface area contributed by atoms with Crippen LogP contribution in [-0.2, 0) is 4.74 Å². The third kappa shape index (κ3) is 1.96. The molecule has 0 atom stereocenters. The zero-order chi connectivity index (χ0) is 16.5. The molecule has 3 rings (SSSR count). The molecule has 2 aromatic rings. The van der Waals surface area contributed by atoms with E-state index in [9.17, 15) is 20.1 Å². The minimum atomic E-state index is -2.11. The molecule has 0 amide bonds. The predicted molar refractivity (Wildman–Crippen MR) is 79.3 cm³/mol. The molecule has 0 N–H and O–H groups in total. The third-order valence-electron chi connectivity index (χ3n) is 3.79. The molecule has 0 spiro atoms. The fourth-order valence-corrected chi connectivity index (χ4v) is 2.53. The number of ketones is 2. The monoisotopic (exact) mass is 302 g/mol. The highest BCUT2D eigenvalue weighted by molar-refractivity contribution is 6.27. The molecule has 0 bridgehead atoms. The first kappa shape index (κ1) is 14.6. The summed E-state index contributed by atoms with van der Waals surface area (Å²) in [6, 6.07) is 19.4. The minimum absolute atomic E-state index is 0.212. The van der Waals surface area contributed by atoms with Gasteiger partial charge in [-0.25, -0.2) is 0 Å². The van der Waals surface area contributed by atoms with Gasteiger partial charge in [-0.2, -0.15) is 10.5 Å². The van der Waals surface area contributed by atoms with Crippen LogP contribution in [0.3, 0.4) is 0 Å². The van der Waals surface area contributed by atoms with Crippen molar-refractivity contribution >= 4 is 11.6 Å². The van der Waals surface area contributed by atoms with E-state index in [2.05, 4.69) is 0 Å². The van der Waals surface area contributed by atoms with Crippen molar-refractivity contribution in [3.63, 3.8) is 0 Å². The first-order chi connectivity index (χ1) is 11.1. The molecular formula is C18H10N2O3. The van der Waals surface area contributed by atoms with E-state index in [0.29, 0.717) is 0 Å². The lowest BCUT2D eigenvalue weighted by atomic mass is 9.81. The summed E-state index contributed by atoms with van der Waals surface area (Å²) >= 11 is 0. The third-order valence-corrected chi connectivity index (χ3v) is 3.79. The Balaban J connectivity index is 2.12. The summed E-state index contributed by atoms with van der Waals surface area (Å²) in [7, 11) is 0. The van der Waals surface area contributed by atoms with E-state index in [1.54, 1.807) is 48.5 Å². The Morgan fingerprint density at radius 3 is 1.48 bits per heavy atom. The van der Waals surface area contributed by atoms with Crippen molar-refractivity contribution in [2.75, 3.05) is 0 Å². The van der Waals surface area contributed by atoms with Crippen molar-refractivity contribution in [3.05, 3.63) is 71.8 Å². The smallest absolute Gasteiger partial charge is 0.287 e. The summed E-state index contributed by atoms with van der Waals surface area (Å²) in [5.74, 6) is -1.37. The summed E-state index contributed by atoms with van der Waals surface area (Å²) < 4.78 is 5.20. The molecule has 23 heavy (non-hydrogen) atoms. The average molecular weight is 302 g/mol. The number of hydrogen-bond donors (Lipinski definition) is 0. The Hall–Kier alpha value is -3.28. The second-order valence-corrected chi connectivity index (χ2v) is 5.08. The second kappa shape index (κ2) is 5.17. The first-order valence-corrected chi connectivity index (χ1v) is 6.84. The van der Waals surface area contributed by atoms with Crippen LogP contribution in [0.2, 0.25) is 0 Å². The maximum atomic E-state index is 12.8. The Morgan fingerprint density at radius 2 is 1.17 bits per heavy atom. The number of nitriles is 2. The summed E-state index contributed by atoms with van der Waals surface area (Å²) in [4.78, 5) is 25.7. The van der Waals surface area contributed by atoms with Crippen LogP contribution in [-0.4, -0.2) is 22.8 Å². The van der Waals surface area contributed by atoms with Crippen molar-refractivity contribution in [1.29, 1.82) is 10.5 Å². The summed E-state index contributed by atoms with van der Waals surface area (Å²) in [6.07, 6.45) is 0. The average Bonchev–Trinajstić information content (AvgIpc) is 3.33. The van der Waals surface area contributed by atoms with E-state index >= 15 is 0 Å². The minimum Gasteiger partial charge on any atom is -0.316 e. The van der Waals surface area contributed by atoms with Gasteiger partial charge in [-0.3, -0.25) is 9.59 Å². The highest BCUT2D eigenvalue weighted by Gasteiger charge is 2.81. The van der Waals surface area contributed by atoms with Gasteiger partial charge < -0.3 is 4.74 Å². The van der Waals surface area contributed by atoms with Crippen LogP contribution in [0.5, 0.6) is 0 Å². The molecule has 2 aromatic carbocycles. The molecule has 110 valence electrons. The number of carbonyl (C=O) groups excluding carboxylic acids is 2. The first-order valence-electron chi connectivity index (χ1n) is 6.84. The Morgan fingerprint density at radius 1 is 0.783 bits per heavy atom. The fourth-order valence-electron chi connectivity index (χ4n) is 2.53. The highest BCUT2D eigenvalue weighted by Crippen LogP contribution is 2.51. The molecule has 1 aliphatic rings. The molecule has 0 aliphatic carbocycles. The predicted octanol–water partition coefficient (Wildman–Crippen LogP) is 2.31. The lowest BCUT2D eigenvalue weighted by Crippen LogP contribution is -2.41. The fraction of sp³-hybridized carbons (Fsp3) is 0.111. The van der Waals surface area contributed by atoms with Gasteiger partial charge in [0.2, 0.25) is 11.6 Å². The van der Waals surface area contributed by atoms with Crippen molar-refractivity contribution in [2.45, 2.75) is 11.2 Å². The van der Waals surface area contributed by atoms with Crippen molar-refractivity contribution in [2.24, 2.45) is 0 Å². The summed E-state index contributed by atoms with van der Waals surface area (Å²) in [5.41, 5.74) is -3.78. The van der Waals surface area contributed by atoms with Crippen LogP contribution >= 0.6 is 0 Å². The van der Waals surface area contributed by atoms with Gasteiger partial charge in [0.15, 0.2) is 0 Å². The topological polar surface area (TPSA) is 94.2 Å². The molecule has 0 unspecified atom stereocenters. The van der Waals surface area contributed by atoms with Gasteiger partial charge in [0, 0.05) is 11.1 Å². The van der Waals surface area contributed by atoms with E-state index in [0.717, 1.165) is 0 Å². The van der Waals surface area contributed by atoms with Crippen molar-refractivity contribution in [3.8, 4) is 12.1 Å². The number of nitrogens with zero attached hydrogens (tertiary/aromatic N) is 2. The van der Waals surface area contributed by atoms with Gasteiger partial charge in [0.1, 0.15) is 12.1 Å². The molecular weight excluding hydrogens is 292 g/mol. The normalized spacial score (nSPS) is 16.6. The lowest BCUT2D eigenvalue weighted by molar-refractivity contribution is 0.0752. The number of epoxide rings is 1. The molecule has 1 aliphatic heterocycles. The van der Waals surface area contributed by atoms with Crippen molar-refractivity contribution < 1.29 is 14.3 Å². The molecule has 1 fully saturated rings. The largest absolute Gasteiger partial charge is 0.316 e. The molecule has 0 aromatic heterocycles. The van der Waals surface area contributed by atoms with Crippen LogP contribution < -0.4 is 0 Å². The van der Waals surface area contributed by atoms with Crippen LogP contribution in [0.25, 0.3) is 0 Å². The Kier molecular flexibility index (Phi) is 3.29. The van der Waals surface area contributed by atoms with E-state index in [1.807, 2.05) is 0 Å². The Labute approximate surface area is 132 Å². The zero-order valence-electron chi connectivity index (χ0n) is 11.9. The maximum absolute atomic E-state index is 12.8. The molecule has 0 radical (unpaired) electrons. The lowest BCUT2D eigenvalue weighted by Gasteiger charge is -2.11. The van der Waals surface area contributed by atoms with Crippen LogP contribution in [0.4, 0.5) is 0 Å². The van der Waals surface area contributed by atoms with Gasteiger partial charge >= 0.3 is 0 Å². The SMILES string of the molecule is N#CC1(C#N)OC1(C(=O)c1ccccc1)C(=O)c1ccccc1. The number of Topliss-reactive ketones (excluding diaryl/α,β-unsaturated/α-hetero) is 2. The van der Waals surface area contributed by atoms with Gasteiger partial charge in [-0.05, 0) is 0 Å². The quantitative estimate of drug-likeness (QED) is 0.490. The van der Waals surface area contributed by atoms with Gasteiger partial charge in [-0.1, -0.05) is 60.7 Å². The number of rotatable bonds is 4. The van der Waals surface area contributed by atoms with Gasteiger partial charge in [0.25, 0.3) is 11.2 Å². The van der Waals surface area contributed by atoms with Gasteiger partial charge in [0.05, 0.1) is 0 Å². The number of hydrogen-bond acceptors (Lipinski definition) is 5. The van der Waals surface area contributed by atoms with E-state index in [4.69, 9.17) is 4.74 Å².